The molecule has 0 aromatic carbocycles. The molecule has 10 heteroatoms. The molecule has 1 heterocycles. The molecule has 1 aliphatic rings. The molecule has 1 aliphatic heterocycles. The molecule has 22 heavy (non-hydrogen) atoms. The van der Waals surface area contributed by atoms with Gasteiger partial charge in [-0.15, -0.1) is 0 Å². The van der Waals surface area contributed by atoms with Gasteiger partial charge in [-0.1, -0.05) is 0 Å². The summed E-state index contributed by atoms with van der Waals surface area (Å²) in [5.74, 6) is -0.371. The Morgan fingerprint density at radius 1 is 1.27 bits per heavy atom. The van der Waals surface area contributed by atoms with Crippen LogP contribution >= 0.6 is 7.60 Å². The molecule has 0 radical (unpaired) electrons. The fourth-order valence-corrected chi connectivity index (χ4v) is 5.72. The van der Waals surface area contributed by atoms with E-state index in [1.54, 1.807) is 0 Å². The Bertz CT molecular complexity index is 499. The third kappa shape index (κ3) is 6.23. The molecule has 1 rings (SSSR count). The van der Waals surface area contributed by atoms with Crippen molar-refractivity contribution in [1.82, 2.24) is 0 Å². The van der Waals surface area contributed by atoms with Crippen molar-refractivity contribution in [3.63, 3.8) is 0 Å². The second-order valence-electron chi connectivity index (χ2n) is 5.76. The topological polar surface area (TPSA) is 119 Å². The number of hydrogen-bond donors (Lipinski definition) is 2. The van der Waals surface area contributed by atoms with Gasteiger partial charge >= 0.3 is 7.60 Å². The maximum absolute atomic E-state index is 11.7. The molecule has 0 unspecified atom stereocenters. The molecule has 1 saturated heterocycles. The molecule has 0 spiro atoms. The van der Waals surface area contributed by atoms with Crippen LogP contribution in [0, 0.1) is 0 Å². The summed E-state index contributed by atoms with van der Waals surface area (Å²) in [6.07, 6.45) is -1.44. The molecule has 0 aliphatic carbocycles. The standard InChI is InChI=1S/C12H25O8PS/c1-8(2)19-12-10(20-9(3)11(12)18-4)5-6-22(16,17)7-21(13,14)15/h8-12H,5-7H2,1-4H3,(H2,13,14,15)/t9-,10+,11-,12+/m0/s1. The summed E-state index contributed by atoms with van der Waals surface area (Å²) in [5.41, 5.74) is -1.15. The lowest BCUT2D eigenvalue weighted by Gasteiger charge is -2.25. The maximum atomic E-state index is 11.7. The Morgan fingerprint density at radius 3 is 2.32 bits per heavy atom. The zero-order chi connectivity index (χ0) is 17.1. The van der Waals surface area contributed by atoms with Crippen LogP contribution in [-0.4, -0.2) is 67.1 Å². The summed E-state index contributed by atoms with van der Waals surface area (Å²) in [7, 11) is -6.93. The van der Waals surface area contributed by atoms with Crippen LogP contribution in [0.25, 0.3) is 0 Å². The lowest BCUT2D eigenvalue weighted by Crippen LogP contribution is -2.38. The summed E-state index contributed by atoms with van der Waals surface area (Å²) in [5, 5.41) is 0. The summed E-state index contributed by atoms with van der Waals surface area (Å²) >= 11 is 0. The van der Waals surface area contributed by atoms with E-state index in [9.17, 15) is 13.0 Å². The zero-order valence-corrected chi connectivity index (χ0v) is 14.9. The Morgan fingerprint density at radius 2 is 1.86 bits per heavy atom. The van der Waals surface area contributed by atoms with Crippen molar-refractivity contribution in [3.8, 4) is 0 Å². The molecule has 0 aromatic heterocycles. The van der Waals surface area contributed by atoms with E-state index in [1.807, 2.05) is 20.8 Å². The molecule has 0 amide bonds. The second kappa shape index (κ2) is 7.70. The van der Waals surface area contributed by atoms with Gasteiger partial charge in [-0.3, -0.25) is 4.57 Å². The minimum atomic E-state index is -4.60. The van der Waals surface area contributed by atoms with Gasteiger partial charge in [0.05, 0.1) is 24.1 Å². The second-order valence-corrected chi connectivity index (χ2v) is 10.0. The van der Waals surface area contributed by atoms with Crippen LogP contribution in [0.2, 0.25) is 0 Å². The van der Waals surface area contributed by atoms with Gasteiger partial charge < -0.3 is 24.0 Å². The van der Waals surface area contributed by atoms with E-state index < -0.39 is 35.1 Å². The van der Waals surface area contributed by atoms with E-state index >= 15 is 0 Å². The van der Waals surface area contributed by atoms with Crippen molar-refractivity contribution in [2.24, 2.45) is 0 Å². The highest BCUT2D eigenvalue weighted by Crippen LogP contribution is 2.37. The van der Waals surface area contributed by atoms with Gasteiger partial charge in [0.25, 0.3) is 0 Å². The average molecular weight is 360 g/mol. The quantitative estimate of drug-likeness (QED) is 0.601. The van der Waals surface area contributed by atoms with Crippen molar-refractivity contribution >= 4 is 17.4 Å². The van der Waals surface area contributed by atoms with Crippen LogP contribution in [0.15, 0.2) is 0 Å². The van der Waals surface area contributed by atoms with Crippen molar-refractivity contribution in [2.45, 2.75) is 57.7 Å². The third-order valence-electron chi connectivity index (χ3n) is 3.32. The maximum Gasteiger partial charge on any atom is 0.340 e. The molecule has 0 bridgehead atoms. The highest BCUT2D eigenvalue weighted by Gasteiger charge is 2.44. The summed E-state index contributed by atoms with van der Waals surface area (Å²) < 4.78 is 51.1. The predicted molar refractivity (Wildman–Crippen MR) is 80.5 cm³/mol. The first-order valence-electron chi connectivity index (χ1n) is 7.04. The third-order valence-corrected chi connectivity index (χ3v) is 7.10. The van der Waals surface area contributed by atoms with Crippen molar-refractivity contribution < 1.29 is 37.0 Å². The first-order valence-corrected chi connectivity index (χ1v) is 10.7. The predicted octanol–water partition coefficient (Wildman–Crippen LogP) is 0.522. The van der Waals surface area contributed by atoms with Crippen LogP contribution < -0.4 is 0 Å². The smallest absolute Gasteiger partial charge is 0.340 e. The summed E-state index contributed by atoms with van der Waals surface area (Å²) in [6, 6.07) is 0. The molecule has 4 atom stereocenters. The first kappa shape index (κ1) is 20.0. The molecular weight excluding hydrogens is 335 g/mol. The molecule has 0 saturated carbocycles. The highest BCUT2D eigenvalue weighted by atomic mass is 32.2. The van der Waals surface area contributed by atoms with Gasteiger partial charge in [0.15, 0.2) is 15.3 Å². The zero-order valence-electron chi connectivity index (χ0n) is 13.2. The monoisotopic (exact) mass is 360 g/mol. The highest BCUT2D eigenvalue weighted by molar-refractivity contribution is 7.97. The van der Waals surface area contributed by atoms with Crippen molar-refractivity contribution in [3.05, 3.63) is 0 Å². The number of methoxy groups -OCH3 is 1. The van der Waals surface area contributed by atoms with E-state index in [2.05, 4.69) is 0 Å². The molecule has 132 valence electrons. The lowest BCUT2D eigenvalue weighted by atomic mass is 10.1. The van der Waals surface area contributed by atoms with Crippen LogP contribution in [0.5, 0.6) is 0 Å². The summed E-state index contributed by atoms with van der Waals surface area (Å²) in [6.45, 7) is 5.53. The molecule has 8 nitrogen and oxygen atoms in total. The van der Waals surface area contributed by atoms with Gasteiger partial charge in [0, 0.05) is 7.11 Å². The molecule has 0 aromatic rings. The van der Waals surface area contributed by atoms with E-state index in [0.717, 1.165) is 0 Å². The fourth-order valence-electron chi connectivity index (χ4n) is 2.56. The number of hydrogen-bond acceptors (Lipinski definition) is 6. The normalized spacial score (nSPS) is 30.1. The summed E-state index contributed by atoms with van der Waals surface area (Å²) in [4.78, 5) is 17.6. The van der Waals surface area contributed by atoms with Crippen LogP contribution in [0.4, 0.5) is 0 Å². The molecule has 1 fully saturated rings. The Hall–Kier alpha value is -0.0200. The fraction of sp³-hybridized carbons (Fsp3) is 1.00. The van der Waals surface area contributed by atoms with E-state index in [0.29, 0.717) is 0 Å². The van der Waals surface area contributed by atoms with Crippen molar-refractivity contribution in [1.29, 1.82) is 0 Å². The van der Waals surface area contributed by atoms with E-state index in [4.69, 9.17) is 24.0 Å². The largest absolute Gasteiger partial charge is 0.376 e. The van der Waals surface area contributed by atoms with Crippen LogP contribution in [0.1, 0.15) is 27.2 Å². The average Bonchev–Trinajstić information content (AvgIpc) is 2.59. The number of ether oxygens (including phenoxy) is 3. The Kier molecular flexibility index (Phi) is 7.01. The Balaban J connectivity index is 2.72. The van der Waals surface area contributed by atoms with Gasteiger partial charge in [0.1, 0.15) is 12.2 Å². The Labute approximate surface area is 131 Å². The SMILES string of the molecule is CO[C@@H]1[C@H](OC(C)C)[C@@H](CCS(=O)(=O)CP(=O)(O)O)O[C@H]1C. The van der Waals surface area contributed by atoms with E-state index in [-0.39, 0.29) is 30.5 Å². The first-order chi connectivity index (χ1) is 9.95. The van der Waals surface area contributed by atoms with Crippen LogP contribution in [-0.2, 0) is 28.6 Å². The number of rotatable bonds is 8. The minimum absolute atomic E-state index is 0.0780. The molecular formula is C12H25O8PS. The van der Waals surface area contributed by atoms with Gasteiger partial charge in [0.2, 0.25) is 0 Å². The van der Waals surface area contributed by atoms with Gasteiger partial charge in [-0.25, -0.2) is 8.42 Å². The van der Waals surface area contributed by atoms with Crippen LogP contribution in [0.3, 0.4) is 0 Å². The van der Waals surface area contributed by atoms with Gasteiger partial charge in [-0.2, -0.15) is 0 Å². The van der Waals surface area contributed by atoms with Crippen molar-refractivity contribution in [2.75, 3.05) is 18.4 Å². The van der Waals surface area contributed by atoms with Gasteiger partial charge in [-0.05, 0) is 27.2 Å². The number of sulfone groups is 1. The van der Waals surface area contributed by atoms with E-state index in [1.165, 1.54) is 7.11 Å². The minimum Gasteiger partial charge on any atom is -0.376 e. The molecule has 2 N–H and O–H groups in total. The lowest BCUT2D eigenvalue weighted by molar-refractivity contribution is -0.0758.